The van der Waals surface area contributed by atoms with Crippen LogP contribution in [0.15, 0.2) is 12.2 Å². The van der Waals surface area contributed by atoms with Gasteiger partial charge in [0, 0.05) is 0 Å². The van der Waals surface area contributed by atoms with E-state index in [1.165, 1.54) is 38.5 Å². The van der Waals surface area contributed by atoms with Gasteiger partial charge in [0.15, 0.2) is 0 Å². The molecule has 0 spiro atoms. The van der Waals surface area contributed by atoms with Gasteiger partial charge in [0.05, 0.1) is 0 Å². The van der Waals surface area contributed by atoms with Crippen LogP contribution >= 0.6 is 15.2 Å². The molecule has 0 aromatic heterocycles. The van der Waals surface area contributed by atoms with E-state index in [0.717, 1.165) is 32.1 Å². The van der Waals surface area contributed by atoms with Crippen LogP contribution in [0.25, 0.3) is 0 Å². The molecule has 0 aromatic rings. The number of rotatable bonds is 17. The molecule has 162 valence electrons. The first-order valence-electron chi connectivity index (χ1n) is 10.0. The fourth-order valence-electron chi connectivity index (χ4n) is 2.89. The molecule has 0 heterocycles. The molecule has 0 unspecified atom stereocenters. The second kappa shape index (κ2) is 14.1. The molecular weight excluding hydrogens is 390 g/mol. The van der Waals surface area contributed by atoms with Gasteiger partial charge in [0.1, 0.15) is 0 Å². The summed E-state index contributed by atoms with van der Waals surface area (Å²) in [6.45, 7) is 2.22. The van der Waals surface area contributed by atoms with Crippen molar-refractivity contribution in [1.82, 2.24) is 0 Å². The van der Waals surface area contributed by atoms with Gasteiger partial charge < -0.3 is 24.7 Å². The molecule has 0 aromatic carbocycles. The molecule has 0 atom stereocenters. The maximum absolute atomic E-state index is 11.2. The van der Waals surface area contributed by atoms with Gasteiger partial charge in [0.2, 0.25) is 0 Å². The van der Waals surface area contributed by atoms with Crippen LogP contribution < -0.4 is 0 Å². The van der Waals surface area contributed by atoms with Crippen molar-refractivity contribution in [1.29, 1.82) is 0 Å². The van der Waals surface area contributed by atoms with E-state index in [4.69, 9.17) is 19.6 Å². The minimum atomic E-state index is -5.31. The molecule has 9 heteroatoms. The Bertz CT molecular complexity index is 474. The van der Waals surface area contributed by atoms with E-state index in [1.807, 2.05) is 0 Å². The molecule has 27 heavy (non-hydrogen) atoms. The summed E-state index contributed by atoms with van der Waals surface area (Å²) in [5.74, 6) is 0. The summed E-state index contributed by atoms with van der Waals surface area (Å²) in [5, 5.41) is 6.49. The predicted molar refractivity (Wildman–Crippen MR) is 108 cm³/mol. The average molecular weight is 428 g/mol. The number of hydrogen-bond acceptors (Lipinski definition) is 3. The van der Waals surface area contributed by atoms with Crippen molar-refractivity contribution in [2.24, 2.45) is 0 Å². The molecule has 0 saturated carbocycles. The molecule has 0 saturated heterocycles. The summed E-state index contributed by atoms with van der Waals surface area (Å²) in [5.41, 5.74) is 0. The Morgan fingerprint density at radius 3 is 1.44 bits per heavy atom. The highest BCUT2D eigenvalue weighted by Gasteiger charge is 2.58. The lowest BCUT2D eigenvalue weighted by atomic mass is 10.1. The monoisotopic (exact) mass is 428 g/mol. The molecule has 0 aliphatic rings. The Morgan fingerprint density at radius 1 is 0.667 bits per heavy atom. The quantitative estimate of drug-likeness (QED) is 0.125. The largest absolute Gasteiger partial charge is 0.369 e. The first kappa shape index (κ1) is 27.0. The van der Waals surface area contributed by atoms with Crippen molar-refractivity contribution in [2.75, 3.05) is 0 Å². The SMILES string of the molecule is CCCCCCCCC=CCCCCCCCC(O)(P(=O)(O)O)P(=O)(O)O. The van der Waals surface area contributed by atoms with E-state index in [9.17, 15) is 14.2 Å². The van der Waals surface area contributed by atoms with E-state index in [1.54, 1.807) is 0 Å². The zero-order valence-electron chi connectivity index (χ0n) is 16.5. The van der Waals surface area contributed by atoms with E-state index in [-0.39, 0.29) is 6.42 Å². The smallest absolute Gasteiger partial charge is 0.368 e. The van der Waals surface area contributed by atoms with Crippen LogP contribution in [-0.4, -0.2) is 29.8 Å². The molecule has 0 aliphatic carbocycles. The highest BCUT2D eigenvalue weighted by Crippen LogP contribution is 2.69. The van der Waals surface area contributed by atoms with Gasteiger partial charge in [-0.15, -0.1) is 0 Å². The fourth-order valence-corrected chi connectivity index (χ4v) is 5.15. The minimum absolute atomic E-state index is 0.153. The maximum atomic E-state index is 11.2. The summed E-state index contributed by atoms with van der Waals surface area (Å²) < 4.78 is 22.4. The summed E-state index contributed by atoms with van der Waals surface area (Å²) >= 11 is 0. The lowest BCUT2D eigenvalue weighted by Crippen LogP contribution is -2.28. The van der Waals surface area contributed by atoms with Crippen LogP contribution in [0.1, 0.15) is 96.8 Å². The molecule has 5 N–H and O–H groups in total. The highest BCUT2D eigenvalue weighted by molar-refractivity contribution is 7.72. The maximum Gasteiger partial charge on any atom is 0.369 e. The van der Waals surface area contributed by atoms with Gasteiger partial charge in [-0.3, -0.25) is 9.13 Å². The van der Waals surface area contributed by atoms with Crippen LogP contribution in [0.5, 0.6) is 0 Å². The molecule has 0 rings (SSSR count). The van der Waals surface area contributed by atoms with E-state index < -0.39 is 26.7 Å². The zero-order chi connectivity index (χ0) is 20.8. The Labute approximate surface area is 163 Å². The van der Waals surface area contributed by atoms with Gasteiger partial charge in [0.25, 0.3) is 5.08 Å². The minimum Gasteiger partial charge on any atom is -0.368 e. The van der Waals surface area contributed by atoms with Crippen molar-refractivity contribution in [3.8, 4) is 0 Å². The first-order chi connectivity index (χ1) is 12.6. The molecule has 0 radical (unpaired) electrons. The highest BCUT2D eigenvalue weighted by atomic mass is 31.2. The predicted octanol–water partition coefficient (Wildman–Crippen LogP) is 5.03. The van der Waals surface area contributed by atoms with Crippen molar-refractivity contribution in [3.63, 3.8) is 0 Å². The van der Waals surface area contributed by atoms with Crippen molar-refractivity contribution < 1.29 is 33.8 Å². The van der Waals surface area contributed by atoms with E-state index >= 15 is 0 Å². The number of allylic oxidation sites excluding steroid dienone is 2. The lowest BCUT2D eigenvalue weighted by Gasteiger charge is -2.29. The van der Waals surface area contributed by atoms with E-state index in [2.05, 4.69) is 19.1 Å². The second-order valence-electron chi connectivity index (χ2n) is 7.20. The van der Waals surface area contributed by atoms with Crippen LogP contribution in [0.3, 0.4) is 0 Å². The number of aliphatic hydroxyl groups is 1. The topological polar surface area (TPSA) is 135 Å². The normalized spacial score (nSPS) is 13.6. The number of unbranched alkanes of at least 4 members (excludes halogenated alkanes) is 11. The Balaban J connectivity index is 3.73. The molecule has 0 fully saturated rings. The van der Waals surface area contributed by atoms with Crippen molar-refractivity contribution in [3.05, 3.63) is 12.2 Å². The Morgan fingerprint density at radius 2 is 1.04 bits per heavy atom. The van der Waals surface area contributed by atoms with Crippen LogP contribution in [0.4, 0.5) is 0 Å². The summed E-state index contributed by atoms with van der Waals surface area (Å²) in [6, 6.07) is 0. The van der Waals surface area contributed by atoms with Gasteiger partial charge in [-0.1, -0.05) is 70.4 Å². The first-order valence-corrected chi connectivity index (χ1v) is 13.3. The van der Waals surface area contributed by atoms with Gasteiger partial charge >= 0.3 is 15.2 Å². The Kier molecular flexibility index (Phi) is 14.1. The second-order valence-corrected chi connectivity index (χ2v) is 11.2. The standard InChI is InChI=1S/C18H38O7P2/c1-2-3-4-5-6-7-8-9-10-11-12-13-14-15-16-17-18(19,26(20,21)22)27(23,24)25/h9-10,19H,2-8,11-17H2,1H3,(H2,20,21,22)(H2,23,24,25). The van der Waals surface area contributed by atoms with Crippen LogP contribution in [0.2, 0.25) is 0 Å². The summed E-state index contributed by atoms with van der Waals surface area (Å²) in [6.07, 6.45) is 17.1. The lowest BCUT2D eigenvalue weighted by molar-refractivity contribution is 0.120. The van der Waals surface area contributed by atoms with Crippen molar-refractivity contribution >= 4 is 15.2 Å². The summed E-state index contributed by atoms with van der Waals surface area (Å²) in [4.78, 5) is 36.2. The third-order valence-electron chi connectivity index (χ3n) is 4.71. The zero-order valence-corrected chi connectivity index (χ0v) is 18.3. The molecule has 0 bridgehead atoms. The Hall–Kier alpha value is -0.0000000000000000416. The third-order valence-corrected chi connectivity index (χ3v) is 8.58. The van der Waals surface area contributed by atoms with Crippen LogP contribution in [0, 0.1) is 0 Å². The average Bonchev–Trinajstić information content (AvgIpc) is 2.56. The molecule has 0 amide bonds. The number of hydrogen-bond donors (Lipinski definition) is 5. The summed E-state index contributed by atoms with van der Waals surface area (Å²) in [7, 11) is -10.6. The molecule has 0 aliphatic heterocycles. The fraction of sp³-hybridized carbons (Fsp3) is 0.889. The molecular formula is C18H38O7P2. The van der Waals surface area contributed by atoms with Crippen molar-refractivity contribution in [2.45, 2.75) is 102 Å². The molecule has 7 nitrogen and oxygen atoms in total. The van der Waals surface area contributed by atoms with Crippen LogP contribution in [-0.2, 0) is 9.13 Å². The van der Waals surface area contributed by atoms with Gasteiger partial charge in [-0.05, 0) is 38.5 Å². The van der Waals surface area contributed by atoms with Gasteiger partial charge in [-0.2, -0.15) is 0 Å². The van der Waals surface area contributed by atoms with Gasteiger partial charge in [-0.25, -0.2) is 0 Å². The third kappa shape index (κ3) is 11.6. The van der Waals surface area contributed by atoms with E-state index in [0.29, 0.717) is 6.42 Å².